The molecule has 2 heterocycles. The maximum absolute atomic E-state index is 12.7. The Morgan fingerprint density at radius 2 is 1.53 bits per heavy atom. The SMILES string of the molecule is CN(C)C1CCCN(C(=O)CCC(=O)N2CCN(S(=O)(=O)c3ccccc3)CC2)C1. The Morgan fingerprint density at radius 1 is 0.933 bits per heavy atom. The fraction of sp³-hybridized carbons (Fsp3) is 0.619. The Bertz CT molecular complexity index is 836. The van der Waals surface area contributed by atoms with Gasteiger partial charge in [0.2, 0.25) is 21.8 Å². The van der Waals surface area contributed by atoms with E-state index >= 15 is 0 Å². The van der Waals surface area contributed by atoms with Crippen molar-refractivity contribution in [2.24, 2.45) is 0 Å². The summed E-state index contributed by atoms with van der Waals surface area (Å²) in [4.78, 5) is 31.1. The highest BCUT2D eigenvalue weighted by molar-refractivity contribution is 7.89. The lowest BCUT2D eigenvalue weighted by molar-refractivity contribution is -0.138. The van der Waals surface area contributed by atoms with Crippen LogP contribution in [0.2, 0.25) is 0 Å². The molecule has 9 heteroatoms. The largest absolute Gasteiger partial charge is 0.341 e. The van der Waals surface area contributed by atoms with Gasteiger partial charge in [0, 0.05) is 58.2 Å². The average Bonchev–Trinajstić information content (AvgIpc) is 2.78. The molecule has 1 atom stereocenters. The monoisotopic (exact) mass is 436 g/mol. The maximum Gasteiger partial charge on any atom is 0.243 e. The molecule has 2 amide bonds. The van der Waals surface area contributed by atoms with Crippen molar-refractivity contribution in [3.8, 4) is 0 Å². The number of amides is 2. The number of piperidine rings is 1. The topological polar surface area (TPSA) is 81.2 Å². The lowest BCUT2D eigenvalue weighted by Crippen LogP contribution is -2.51. The van der Waals surface area contributed by atoms with Crippen molar-refractivity contribution < 1.29 is 18.0 Å². The van der Waals surface area contributed by atoms with Crippen molar-refractivity contribution in [2.45, 2.75) is 36.6 Å². The number of nitrogens with zero attached hydrogens (tertiary/aromatic N) is 4. The highest BCUT2D eigenvalue weighted by Crippen LogP contribution is 2.18. The molecule has 0 aliphatic carbocycles. The van der Waals surface area contributed by atoms with E-state index in [0.29, 0.717) is 19.1 Å². The van der Waals surface area contributed by atoms with E-state index in [9.17, 15) is 18.0 Å². The van der Waals surface area contributed by atoms with E-state index in [0.717, 1.165) is 25.9 Å². The Hall–Kier alpha value is -1.97. The van der Waals surface area contributed by atoms with E-state index in [4.69, 9.17) is 0 Å². The quantitative estimate of drug-likeness (QED) is 0.661. The summed E-state index contributed by atoms with van der Waals surface area (Å²) in [6.07, 6.45) is 2.46. The van der Waals surface area contributed by atoms with E-state index < -0.39 is 10.0 Å². The van der Waals surface area contributed by atoms with Crippen molar-refractivity contribution in [1.29, 1.82) is 0 Å². The fourth-order valence-corrected chi connectivity index (χ4v) is 5.50. The van der Waals surface area contributed by atoms with Crippen LogP contribution in [0.15, 0.2) is 35.2 Å². The third-order valence-electron chi connectivity index (χ3n) is 6.00. The molecule has 2 aliphatic rings. The molecule has 0 bridgehead atoms. The molecular weight excluding hydrogens is 404 g/mol. The second-order valence-electron chi connectivity index (χ2n) is 8.20. The number of carbonyl (C=O) groups is 2. The fourth-order valence-electron chi connectivity index (χ4n) is 4.05. The summed E-state index contributed by atoms with van der Waals surface area (Å²) in [5.74, 6) is -0.0542. The van der Waals surface area contributed by atoms with Gasteiger partial charge in [-0.3, -0.25) is 9.59 Å². The number of benzene rings is 1. The van der Waals surface area contributed by atoms with Crippen molar-refractivity contribution in [2.75, 3.05) is 53.4 Å². The van der Waals surface area contributed by atoms with Gasteiger partial charge in [0.25, 0.3) is 0 Å². The molecule has 2 saturated heterocycles. The molecule has 0 radical (unpaired) electrons. The highest BCUT2D eigenvalue weighted by atomic mass is 32.2. The number of likely N-dealkylation sites (N-methyl/N-ethyl adjacent to an activating group) is 1. The molecule has 3 rings (SSSR count). The van der Waals surface area contributed by atoms with Gasteiger partial charge in [-0.2, -0.15) is 4.31 Å². The zero-order valence-electron chi connectivity index (χ0n) is 17.9. The van der Waals surface area contributed by atoms with Gasteiger partial charge in [-0.25, -0.2) is 8.42 Å². The molecule has 2 fully saturated rings. The molecular formula is C21H32N4O4S. The minimum Gasteiger partial charge on any atom is -0.341 e. The molecule has 166 valence electrons. The van der Waals surface area contributed by atoms with Crippen molar-refractivity contribution in [3.05, 3.63) is 30.3 Å². The van der Waals surface area contributed by atoms with Crippen LogP contribution in [0.5, 0.6) is 0 Å². The van der Waals surface area contributed by atoms with E-state index in [1.165, 1.54) is 4.31 Å². The maximum atomic E-state index is 12.7. The molecule has 2 aliphatic heterocycles. The van der Waals surface area contributed by atoms with E-state index in [1.54, 1.807) is 35.2 Å². The summed E-state index contributed by atoms with van der Waals surface area (Å²) in [5, 5.41) is 0. The van der Waals surface area contributed by atoms with Gasteiger partial charge < -0.3 is 14.7 Å². The summed E-state index contributed by atoms with van der Waals surface area (Å²) >= 11 is 0. The standard InChI is InChI=1S/C21H32N4O4S/c1-22(2)18-7-6-12-24(17-18)21(27)11-10-20(26)23-13-15-25(16-14-23)30(28,29)19-8-4-3-5-9-19/h3-5,8-9,18H,6-7,10-17H2,1-2H3. The number of sulfonamides is 1. The summed E-state index contributed by atoms with van der Waals surface area (Å²) in [6, 6.07) is 8.72. The first-order chi connectivity index (χ1) is 14.3. The average molecular weight is 437 g/mol. The third-order valence-corrected chi connectivity index (χ3v) is 7.92. The zero-order valence-corrected chi connectivity index (χ0v) is 18.7. The Labute approximate surface area is 179 Å². The van der Waals surface area contributed by atoms with Gasteiger partial charge in [-0.05, 0) is 39.1 Å². The molecule has 0 aromatic heterocycles. The third kappa shape index (κ3) is 5.39. The van der Waals surface area contributed by atoms with Crippen molar-refractivity contribution in [3.63, 3.8) is 0 Å². The second-order valence-corrected chi connectivity index (χ2v) is 10.1. The predicted octanol–water partition coefficient (Wildman–Crippen LogP) is 0.852. The van der Waals surface area contributed by atoms with Gasteiger partial charge in [-0.15, -0.1) is 0 Å². The van der Waals surface area contributed by atoms with Gasteiger partial charge >= 0.3 is 0 Å². The molecule has 1 aromatic rings. The van der Waals surface area contributed by atoms with Crippen LogP contribution in [0.4, 0.5) is 0 Å². The molecule has 8 nitrogen and oxygen atoms in total. The molecule has 0 saturated carbocycles. The lowest BCUT2D eigenvalue weighted by Gasteiger charge is -2.36. The van der Waals surface area contributed by atoms with E-state index in [-0.39, 0.29) is 42.6 Å². The summed E-state index contributed by atoms with van der Waals surface area (Å²) in [6.45, 7) is 2.72. The smallest absolute Gasteiger partial charge is 0.243 e. The first-order valence-corrected chi connectivity index (χ1v) is 12.0. The summed E-state index contributed by atoms with van der Waals surface area (Å²) in [7, 11) is 0.522. The normalized spacial score (nSPS) is 21.1. The lowest BCUT2D eigenvalue weighted by atomic mass is 10.0. The molecule has 0 spiro atoms. The highest BCUT2D eigenvalue weighted by Gasteiger charge is 2.30. The van der Waals surface area contributed by atoms with Crippen LogP contribution in [0, 0.1) is 0 Å². The van der Waals surface area contributed by atoms with Gasteiger partial charge in [0.15, 0.2) is 0 Å². The number of piperazine rings is 1. The number of hydrogen-bond acceptors (Lipinski definition) is 5. The number of hydrogen-bond donors (Lipinski definition) is 0. The summed E-state index contributed by atoms with van der Waals surface area (Å²) in [5.41, 5.74) is 0. The van der Waals surface area contributed by atoms with Crippen LogP contribution in [0.1, 0.15) is 25.7 Å². The van der Waals surface area contributed by atoms with Crippen LogP contribution < -0.4 is 0 Å². The van der Waals surface area contributed by atoms with Crippen LogP contribution in [-0.2, 0) is 19.6 Å². The van der Waals surface area contributed by atoms with Gasteiger partial charge in [0.1, 0.15) is 0 Å². The minimum absolute atomic E-state index is 0.0280. The van der Waals surface area contributed by atoms with Crippen molar-refractivity contribution >= 4 is 21.8 Å². The molecule has 1 unspecified atom stereocenters. The Morgan fingerprint density at radius 3 is 2.13 bits per heavy atom. The number of carbonyl (C=O) groups excluding carboxylic acids is 2. The number of rotatable bonds is 6. The Balaban J connectivity index is 1.46. The first kappa shape index (κ1) is 22.7. The molecule has 0 N–H and O–H groups in total. The van der Waals surface area contributed by atoms with Gasteiger partial charge in [0.05, 0.1) is 4.90 Å². The zero-order chi connectivity index (χ0) is 21.7. The molecule has 30 heavy (non-hydrogen) atoms. The Kier molecular flexibility index (Phi) is 7.49. The predicted molar refractivity (Wildman–Crippen MR) is 114 cm³/mol. The second kappa shape index (κ2) is 9.89. The van der Waals surface area contributed by atoms with Crippen molar-refractivity contribution in [1.82, 2.24) is 19.0 Å². The van der Waals surface area contributed by atoms with Gasteiger partial charge in [-0.1, -0.05) is 18.2 Å². The van der Waals surface area contributed by atoms with E-state index in [2.05, 4.69) is 4.90 Å². The summed E-state index contributed by atoms with van der Waals surface area (Å²) < 4.78 is 26.8. The van der Waals surface area contributed by atoms with Crippen LogP contribution in [0.3, 0.4) is 0 Å². The number of likely N-dealkylation sites (tertiary alicyclic amines) is 1. The molecule has 1 aromatic carbocycles. The van der Waals surface area contributed by atoms with E-state index in [1.807, 2.05) is 19.0 Å². The minimum atomic E-state index is -3.53. The first-order valence-electron chi connectivity index (χ1n) is 10.6. The van der Waals surface area contributed by atoms with Crippen LogP contribution >= 0.6 is 0 Å². The van der Waals surface area contributed by atoms with Crippen LogP contribution in [-0.4, -0.2) is 98.6 Å². The van der Waals surface area contributed by atoms with Crippen LogP contribution in [0.25, 0.3) is 0 Å².